The van der Waals surface area contributed by atoms with E-state index >= 15 is 0 Å². The predicted molar refractivity (Wildman–Crippen MR) is 161 cm³/mol. The van der Waals surface area contributed by atoms with Gasteiger partial charge in [-0.25, -0.2) is 8.42 Å². The molecule has 218 valence electrons. The topological polar surface area (TPSA) is 96.0 Å². The minimum Gasteiger partial charge on any atom is -0.457 e. The quantitative estimate of drug-likeness (QED) is 0.328. The van der Waals surface area contributed by atoms with Crippen LogP contribution < -0.4 is 14.4 Å². The Hall–Kier alpha value is -3.85. The SMILES string of the molecule is Cc1cccc(CN(C(=O)CN(c2ccc(Oc3ccccc3)cc2)S(C)(=O)=O)[C@@H](C)C(=O)NC2CCCCC2)c1. The second kappa shape index (κ2) is 13.7. The van der Waals surface area contributed by atoms with Gasteiger partial charge in [0.25, 0.3) is 0 Å². The molecule has 41 heavy (non-hydrogen) atoms. The summed E-state index contributed by atoms with van der Waals surface area (Å²) in [6.45, 7) is 3.41. The molecule has 0 spiro atoms. The van der Waals surface area contributed by atoms with Crippen molar-refractivity contribution >= 4 is 27.5 Å². The highest BCUT2D eigenvalue weighted by atomic mass is 32.2. The molecular weight excluding hydrogens is 538 g/mol. The number of aryl methyl sites for hydroxylation is 1. The molecule has 1 aliphatic rings. The largest absolute Gasteiger partial charge is 0.457 e. The van der Waals surface area contributed by atoms with E-state index in [4.69, 9.17) is 4.74 Å². The molecule has 3 aromatic rings. The molecule has 0 heterocycles. The van der Waals surface area contributed by atoms with E-state index in [1.54, 1.807) is 31.2 Å². The normalized spacial score (nSPS) is 14.6. The van der Waals surface area contributed by atoms with Crippen molar-refractivity contribution in [3.63, 3.8) is 0 Å². The second-order valence-corrected chi connectivity index (χ2v) is 12.6. The van der Waals surface area contributed by atoms with Gasteiger partial charge in [-0.15, -0.1) is 0 Å². The number of carbonyl (C=O) groups is 2. The lowest BCUT2D eigenvalue weighted by Gasteiger charge is -2.33. The maximum atomic E-state index is 13.8. The van der Waals surface area contributed by atoms with Crippen LogP contribution in [0.4, 0.5) is 5.69 Å². The van der Waals surface area contributed by atoms with Gasteiger partial charge in [0.05, 0.1) is 11.9 Å². The van der Waals surface area contributed by atoms with Crippen LogP contribution in [0.2, 0.25) is 0 Å². The fourth-order valence-corrected chi connectivity index (χ4v) is 5.93. The van der Waals surface area contributed by atoms with E-state index in [0.29, 0.717) is 17.2 Å². The van der Waals surface area contributed by atoms with Gasteiger partial charge in [-0.1, -0.05) is 67.3 Å². The van der Waals surface area contributed by atoms with Crippen molar-refractivity contribution in [2.75, 3.05) is 17.1 Å². The van der Waals surface area contributed by atoms with Crippen molar-refractivity contribution in [1.29, 1.82) is 0 Å². The van der Waals surface area contributed by atoms with Crippen molar-refractivity contribution in [3.05, 3.63) is 90.0 Å². The number of rotatable bonds is 11. The Morgan fingerprint density at radius 1 is 0.927 bits per heavy atom. The molecule has 0 bridgehead atoms. The first-order chi connectivity index (χ1) is 19.6. The molecule has 0 aliphatic heterocycles. The lowest BCUT2D eigenvalue weighted by Crippen LogP contribution is -2.52. The van der Waals surface area contributed by atoms with Gasteiger partial charge in [-0.05, 0) is 68.7 Å². The van der Waals surface area contributed by atoms with Crippen LogP contribution in [0.5, 0.6) is 11.5 Å². The number of nitrogens with zero attached hydrogens (tertiary/aromatic N) is 2. The number of para-hydroxylation sites is 1. The summed E-state index contributed by atoms with van der Waals surface area (Å²) in [5, 5.41) is 3.11. The summed E-state index contributed by atoms with van der Waals surface area (Å²) >= 11 is 0. The van der Waals surface area contributed by atoms with Gasteiger partial charge in [-0.3, -0.25) is 13.9 Å². The van der Waals surface area contributed by atoms with E-state index in [2.05, 4.69) is 5.32 Å². The highest BCUT2D eigenvalue weighted by Gasteiger charge is 2.31. The Balaban J connectivity index is 1.55. The lowest BCUT2D eigenvalue weighted by atomic mass is 9.95. The van der Waals surface area contributed by atoms with Crippen molar-refractivity contribution in [1.82, 2.24) is 10.2 Å². The van der Waals surface area contributed by atoms with Gasteiger partial charge in [0.15, 0.2) is 0 Å². The monoisotopic (exact) mass is 577 g/mol. The Morgan fingerprint density at radius 2 is 1.59 bits per heavy atom. The van der Waals surface area contributed by atoms with Crippen LogP contribution in [0.1, 0.15) is 50.2 Å². The highest BCUT2D eigenvalue weighted by molar-refractivity contribution is 7.92. The third-order valence-electron chi connectivity index (χ3n) is 7.34. The molecule has 1 N–H and O–H groups in total. The Bertz CT molecular complexity index is 1420. The van der Waals surface area contributed by atoms with E-state index in [1.165, 1.54) is 11.3 Å². The number of ether oxygens (including phenoxy) is 1. The Kier molecular flexibility index (Phi) is 10.0. The summed E-state index contributed by atoms with van der Waals surface area (Å²) in [4.78, 5) is 28.6. The number of hydrogen-bond donors (Lipinski definition) is 1. The lowest BCUT2D eigenvalue weighted by molar-refractivity contribution is -0.139. The van der Waals surface area contributed by atoms with Gasteiger partial charge in [-0.2, -0.15) is 0 Å². The molecule has 9 heteroatoms. The molecule has 0 unspecified atom stereocenters. The van der Waals surface area contributed by atoms with Gasteiger partial charge in [0, 0.05) is 12.6 Å². The van der Waals surface area contributed by atoms with Gasteiger partial charge >= 0.3 is 0 Å². The number of hydrogen-bond acceptors (Lipinski definition) is 5. The maximum Gasteiger partial charge on any atom is 0.244 e. The molecule has 2 amide bonds. The maximum absolute atomic E-state index is 13.8. The number of nitrogens with one attached hydrogen (secondary N) is 1. The molecule has 0 aromatic heterocycles. The molecule has 1 saturated carbocycles. The molecule has 0 saturated heterocycles. The Morgan fingerprint density at radius 3 is 2.22 bits per heavy atom. The second-order valence-electron chi connectivity index (χ2n) is 10.7. The summed E-state index contributed by atoms with van der Waals surface area (Å²) in [6.07, 6.45) is 6.24. The molecule has 1 fully saturated rings. The number of anilines is 1. The van der Waals surface area contributed by atoms with Gasteiger partial charge in [0.1, 0.15) is 24.1 Å². The van der Waals surface area contributed by atoms with E-state index in [0.717, 1.165) is 47.4 Å². The predicted octanol–water partition coefficient (Wildman–Crippen LogP) is 5.42. The van der Waals surface area contributed by atoms with Crippen molar-refractivity contribution < 1.29 is 22.7 Å². The Labute approximate surface area is 243 Å². The summed E-state index contributed by atoms with van der Waals surface area (Å²) < 4.78 is 32.7. The van der Waals surface area contributed by atoms with E-state index in [9.17, 15) is 18.0 Å². The van der Waals surface area contributed by atoms with Crippen LogP contribution in [-0.4, -0.2) is 50.0 Å². The van der Waals surface area contributed by atoms with E-state index < -0.39 is 28.5 Å². The van der Waals surface area contributed by atoms with Crippen LogP contribution in [0, 0.1) is 6.92 Å². The molecular formula is C32H39N3O5S. The molecule has 3 aromatic carbocycles. The van der Waals surface area contributed by atoms with Crippen molar-refractivity contribution in [2.24, 2.45) is 0 Å². The zero-order valence-electron chi connectivity index (χ0n) is 24.0. The van der Waals surface area contributed by atoms with Gasteiger partial charge < -0.3 is 15.0 Å². The standard InChI is InChI=1S/C32H39N3O5S/c1-24-11-10-12-26(21-24)22-34(25(2)32(37)33-27-13-6-4-7-14-27)31(36)23-35(41(3,38)39)28-17-19-30(20-18-28)40-29-15-8-5-9-16-29/h5,8-12,15-21,25,27H,4,6-7,13-14,22-23H2,1-3H3,(H,33,37)/t25-/m0/s1. The van der Waals surface area contributed by atoms with Gasteiger partial charge in [0.2, 0.25) is 21.8 Å². The summed E-state index contributed by atoms with van der Waals surface area (Å²) in [7, 11) is -3.82. The number of amides is 2. The number of sulfonamides is 1. The third-order valence-corrected chi connectivity index (χ3v) is 8.48. The van der Waals surface area contributed by atoms with Crippen LogP contribution in [0.15, 0.2) is 78.9 Å². The van der Waals surface area contributed by atoms with E-state index in [1.807, 2.05) is 61.5 Å². The number of carbonyl (C=O) groups excluding carboxylic acids is 2. The van der Waals surface area contributed by atoms with Crippen molar-refractivity contribution in [2.45, 2.75) is 64.6 Å². The first kappa shape index (κ1) is 30.1. The van der Waals surface area contributed by atoms with Crippen LogP contribution in [0.3, 0.4) is 0 Å². The van der Waals surface area contributed by atoms with Crippen LogP contribution in [0.25, 0.3) is 0 Å². The van der Waals surface area contributed by atoms with Crippen molar-refractivity contribution in [3.8, 4) is 11.5 Å². The minimum atomic E-state index is -3.82. The summed E-state index contributed by atoms with van der Waals surface area (Å²) in [5.74, 6) is 0.496. The summed E-state index contributed by atoms with van der Waals surface area (Å²) in [6, 6.07) is 22.8. The van der Waals surface area contributed by atoms with Crippen LogP contribution >= 0.6 is 0 Å². The minimum absolute atomic E-state index is 0.0961. The van der Waals surface area contributed by atoms with Crippen LogP contribution in [-0.2, 0) is 26.2 Å². The molecule has 8 nitrogen and oxygen atoms in total. The average molecular weight is 578 g/mol. The number of benzene rings is 3. The molecule has 1 atom stereocenters. The zero-order chi connectivity index (χ0) is 29.4. The first-order valence-corrected chi connectivity index (χ1v) is 15.9. The molecule has 1 aliphatic carbocycles. The fraction of sp³-hybridized carbons (Fsp3) is 0.375. The highest BCUT2D eigenvalue weighted by Crippen LogP contribution is 2.26. The third kappa shape index (κ3) is 8.57. The van der Waals surface area contributed by atoms with E-state index in [-0.39, 0.29) is 18.5 Å². The summed E-state index contributed by atoms with van der Waals surface area (Å²) in [5.41, 5.74) is 2.23. The zero-order valence-corrected chi connectivity index (χ0v) is 24.8. The first-order valence-electron chi connectivity index (χ1n) is 14.1. The molecule has 0 radical (unpaired) electrons. The molecule has 4 rings (SSSR count). The average Bonchev–Trinajstić information content (AvgIpc) is 2.95. The smallest absolute Gasteiger partial charge is 0.244 e. The fourth-order valence-electron chi connectivity index (χ4n) is 5.08.